The van der Waals surface area contributed by atoms with E-state index in [4.69, 9.17) is 4.74 Å². The maximum Gasteiger partial charge on any atom is 0.408 e. The van der Waals surface area contributed by atoms with Crippen molar-refractivity contribution in [3.63, 3.8) is 0 Å². The quantitative estimate of drug-likeness (QED) is 0.355. The topological polar surface area (TPSA) is 154 Å². The molecule has 0 heterocycles. The summed E-state index contributed by atoms with van der Waals surface area (Å²) in [4.78, 5) is 52.0. The second kappa shape index (κ2) is 12.9. The van der Waals surface area contributed by atoms with Gasteiger partial charge in [0, 0.05) is 6.54 Å². The van der Waals surface area contributed by atoms with Gasteiger partial charge < -0.3 is 35.2 Å². The molecule has 35 heavy (non-hydrogen) atoms. The molecule has 0 radical (unpaired) electrons. The molecule has 0 saturated carbocycles. The Morgan fingerprint density at radius 2 is 1.77 bits per heavy atom. The molecule has 11 nitrogen and oxygen atoms in total. The van der Waals surface area contributed by atoms with Crippen molar-refractivity contribution in [1.29, 1.82) is 0 Å². The lowest BCUT2D eigenvalue weighted by Gasteiger charge is -2.35. The number of hydrogen-bond acceptors (Lipinski definition) is 8. The molecule has 1 aromatic rings. The Kier molecular flexibility index (Phi) is 11.0. The standard InChI is InChI=1S/C24H37N3O8/c1-14(2)19(26-23(33)35-24(4,5)6)22(32)27(10-11-28)20(21(31)25-13-18(30)34-7)16-8-9-17(29)15(3)12-16/h8-9,12,14,19-20,28-29H,10-11,13H2,1-7H3,(H,25,31)(H,26,33). The van der Waals surface area contributed by atoms with E-state index in [1.165, 1.54) is 25.3 Å². The molecule has 0 fully saturated rings. The van der Waals surface area contributed by atoms with Crippen LogP contribution < -0.4 is 10.6 Å². The Balaban J connectivity index is 3.44. The van der Waals surface area contributed by atoms with Gasteiger partial charge in [0.15, 0.2) is 0 Å². The maximum atomic E-state index is 13.7. The average Bonchev–Trinajstić information content (AvgIpc) is 2.75. The van der Waals surface area contributed by atoms with E-state index in [0.717, 1.165) is 4.90 Å². The van der Waals surface area contributed by atoms with E-state index in [1.807, 2.05) is 0 Å². The first-order valence-corrected chi connectivity index (χ1v) is 11.3. The third kappa shape index (κ3) is 9.08. The molecule has 0 saturated heterocycles. The molecule has 11 heteroatoms. The van der Waals surface area contributed by atoms with Crippen molar-refractivity contribution in [2.75, 3.05) is 26.8 Å². The third-order valence-corrected chi connectivity index (χ3v) is 4.96. The van der Waals surface area contributed by atoms with Crippen molar-refractivity contribution in [2.24, 2.45) is 5.92 Å². The molecule has 0 spiro atoms. The van der Waals surface area contributed by atoms with Crippen molar-refractivity contribution < 1.29 is 38.9 Å². The van der Waals surface area contributed by atoms with Crippen LogP contribution in [0.25, 0.3) is 0 Å². The second-order valence-electron chi connectivity index (χ2n) is 9.37. The number of hydrogen-bond donors (Lipinski definition) is 4. The van der Waals surface area contributed by atoms with Gasteiger partial charge in [0.05, 0.1) is 13.7 Å². The first-order chi connectivity index (χ1) is 16.2. The molecule has 3 amide bonds. The van der Waals surface area contributed by atoms with E-state index in [1.54, 1.807) is 41.5 Å². The van der Waals surface area contributed by atoms with Crippen LogP contribution >= 0.6 is 0 Å². The lowest BCUT2D eigenvalue weighted by atomic mass is 9.97. The van der Waals surface area contributed by atoms with E-state index in [2.05, 4.69) is 15.4 Å². The third-order valence-electron chi connectivity index (χ3n) is 4.96. The van der Waals surface area contributed by atoms with Gasteiger partial charge in [0.1, 0.15) is 30.0 Å². The number of methoxy groups -OCH3 is 1. The number of carbonyl (C=O) groups is 4. The predicted molar refractivity (Wildman–Crippen MR) is 127 cm³/mol. The lowest BCUT2D eigenvalue weighted by Crippen LogP contribution is -2.55. The highest BCUT2D eigenvalue weighted by Gasteiger charge is 2.37. The van der Waals surface area contributed by atoms with E-state index < -0.39 is 60.6 Å². The van der Waals surface area contributed by atoms with Gasteiger partial charge in [-0.05, 0) is 56.9 Å². The molecule has 0 bridgehead atoms. The molecule has 4 N–H and O–H groups in total. The molecular formula is C24H37N3O8. The zero-order valence-corrected chi connectivity index (χ0v) is 21.4. The number of aryl methyl sites for hydroxylation is 1. The van der Waals surface area contributed by atoms with Crippen LogP contribution in [0.3, 0.4) is 0 Å². The summed E-state index contributed by atoms with van der Waals surface area (Å²) in [6.07, 6.45) is -0.805. The van der Waals surface area contributed by atoms with Crippen LogP contribution in [-0.4, -0.2) is 77.4 Å². The molecule has 0 aromatic heterocycles. The van der Waals surface area contributed by atoms with Crippen molar-refractivity contribution in [1.82, 2.24) is 15.5 Å². The van der Waals surface area contributed by atoms with Gasteiger partial charge in [0.25, 0.3) is 0 Å². The fraction of sp³-hybridized carbons (Fsp3) is 0.583. The number of benzene rings is 1. The number of aliphatic hydroxyl groups is 1. The molecule has 2 unspecified atom stereocenters. The molecule has 0 aliphatic heterocycles. The fourth-order valence-electron chi connectivity index (χ4n) is 3.25. The number of ether oxygens (including phenoxy) is 2. The van der Waals surface area contributed by atoms with Crippen molar-refractivity contribution >= 4 is 23.9 Å². The zero-order valence-electron chi connectivity index (χ0n) is 21.4. The Labute approximate surface area is 205 Å². The number of nitrogens with zero attached hydrogens (tertiary/aromatic N) is 1. The van der Waals surface area contributed by atoms with Gasteiger partial charge in [0.2, 0.25) is 11.8 Å². The number of rotatable bonds is 10. The fourth-order valence-corrected chi connectivity index (χ4v) is 3.25. The summed E-state index contributed by atoms with van der Waals surface area (Å²) in [5.74, 6) is -2.43. The number of esters is 1. The number of phenolic OH excluding ortho intramolecular Hbond substituents is 1. The number of alkyl carbamates (subject to hydrolysis) is 1. The molecule has 1 aromatic carbocycles. The molecule has 1 rings (SSSR count). The highest BCUT2D eigenvalue weighted by molar-refractivity contribution is 5.93. The zero-order chi connectivity index (χ0) is 26.9. The van der Waals surface area contributed by atoms with Gasteiger partial charge in [-0.2, -0.15) is 0 Å². The van der Waals surface area contributed by atoms with Crippen molar-refractivity contribution in [2.45, 2.75) is 59.2 Å². The SMILES string of the molecule is COC(=O)CNC(=O)C(c1ccc(O)c(C)c1)N(CCO)C(=O)C(NC(=O)OC(C)(C)C)C(C)C. The number of carbonyl (C=O) groups excluding carboxylic acids is 4. The summed E-state index contributed by atoms with van der Waals surface area (Å²) in [7, 11) is 1.17. The van der Waals surface area contributed by atoms with Gasteiger partial charge in [-0.1, -0.05) is 19.9 Å². The molecule has 0 aliphatic carbocycles. The summed E-state index contributed by atoms with van der Waals surface area (Å²) in [5.41, 5.74) is 0.000433. The van der Waals surface area contributed by atoms with Crippen LogP contribution in [0.2, 0.25) is 0 Å². The Hall–Kier alpha value is -3.34. The van der Waals surface area contributed by atoms with Gasteiger partial charge in [-0.15, -0.1) is 0 Å². The van der Waals surface area contributed by atoms with Crippen LogP contribution in [0.4, 0.5) is 4.79 Å². The second-order valence-corrected chi connectivity index (χ2v) is 9.37. The minimum atomic E-state index is -1.28. The Morgan fingerprint density at radius 3 is 2.26 bits per heavy atom. The van der Waals surface area contributed by atoms with Crippen LogP contribution in [0.5, 0.6) is 5.75 Å². The number of aromatic hydroxyl groups is 1. The van der Waals surface area contributed by atoms with E-state index >= 15 is 0 Å². The number of aliphatic hydroxyl groups excluding tert-OH is 1. The normalized spacial score (nSPS) is 12.9. The van der Waals surface area contributed by atoms with E-state index in [-0.39, 0.29) is 12.3 Å². The number of amides is 3. The molecule has 196 valence electrons. The smallest absolute Gasteiger partial charge is 0.408 e. The minimum Gasteiger partial charge on any atom is -0.508 e. The summed E-state index contributed by atoms with van der Waals surface area (Å²) in [6, 6.07) is 2.02. The summed E-state index contributed by atoms with van der Waals surface area (Å²) < 4.78 is 9.84. The predicted octanol–water partition coefficient (Wildman–Crippen LogP) is 1.40. The first-order valence-electron chi connectivity index (χ1n) is 11.3. The highest BCUT2D eigenvalue weighted by atomic mass is 16.6. The van der Waals surface area contributed by atoms with Crippen LogP contribution in [-0.2, 0) is 23.9 Å². The minimum absolute atomic E-state index is 0.00541. The summed E-state index contributed by atoms with van der Waals surface area (Å²) in [6.45, 7) is 8.97. The van der Waals surface area contributed by atoms with Crippen molar-refractivity contribution in [3.8, 4) is 5.75 Å². The highest BCUT2D eigenvalue weighted by Crippen LogP contribution is 2.27. The largest absolute Gasteiger partial charge is 0.508 e. The average molecular weight is 496 g/mol. The first kappa shape index (κ1) is 29.7. The van der Waals surface area contributed by atoms with Crippen LogP contribution in [0.15, 0.2) is 18.2 Å². The van der Waals surface area contributed by atoms with E-state index in [0.29, 0.717) is 11.1 Å². The molecular weight excluding hydrogens is 458 g/mol. The molecule has 0 aliphatic rings. The van der Waals surface area contributed by atoms with Crippen molar-refractivity contribution in [3.05, 3.63) is 29.3 Å². The van der Waals surface area contributed by atoms with Crippen LogP contribution in [0, 0.1) is 12.8 Å². The van der Waals surface area contributed by atoms with E-state index in [9.17, 15) is 29.4 Å². The Bertz CT molecular complexity index is 911. The Morgan fingerprint density at radius 1 is 1.14 bits per heavy atom. The monoisotopic (exact) mass is 495 g/mol. The maximum absolute atomic E-state index is 13.7. The molecule has 2 atom stereocenters. The van der Waals surface area contributed by atoms with Gasteiger partial charge in [-0.25, -0.2) is 4.79 Å². The van der Waals surface area contributed by atoms with Gasteiger partial charge >= 0.3 is 12.1 Å². The van der Waals surface area contributed by atoms with Gasteiger partial charge in [-0.3, -0.25) is 14.4 Å². The van der Waals surface area contributed by atoms with Crippen LogP contribution in [0.1, 0.15) is 51.8 Å². The lowest BCUT2D eigenvalue weighted by molar-refractivity contribution is -0.145. The summed E-state index contributed by atoms with van der Waals surface area (Å²) in [5, 5.41) is 24.6. The number of nitrogens with one attached hydrogen (secondary N) is 2. The number of phenols is 1. The summed E-state index contributed by atoms with van der Waals surface area (Å²) >= 11 is 0.